The van der Waals surface area contributed by atoms with E-state index in [2.05, 4.69) is 43.5 Å². The molecule has 1 aromatic rings. The van der Waals surface area contributed by atoms with Crippen molar-refractivity contribution in [3.8, 4) is 0 Å². The van der Waals surface area contributed by atoms with Crippen LogP contribution in [0.25, 0.3) is 0 Å². The van der Waals surface area contributed by atoms with Crippen molar-refractivity contribution in [2.75, 3.05) is 6.54 Å². The summed E-state index contributed by atoms with van der Waals surface area (Å²) in [6, 6.07) is 8.77. The Bertz CT molecular complexity index is 456. The lowest BCUT2D eigenvalue weighted by Crippen LogP contribution is -2.36. The van der Waals surface area contributed by atoms with Gasteiger partial charge in [0.15, 0.2) is 0 Å². The number of hydrogen-bond acceptors (Lipinski definition) is 2. The van der Waals surface area contributed by atoms with Gasteiger partial charge in [-0.05, 0) is 43.4 Å². The minimum absolute atomic E-state index is 0. The molecular weight excluding hydrogens is 284 g/mol. The number of nitrogens with one attached hydrogen (secondary N) is 2. The van der Waals surface area contributed by atoms with Crippen molar-refractivity contribution in [2.24, 2.45) is 5.92 Å². The summed E-state index contributed by atoms with van der Waals surface area (Å²) in [6.45, 7) is 7.47. The van der Waals surface area contributed by atoms with Gasteiger partial charge in [-0.25, -0.2) is 0 Å². The van der Waals surface area contributed by atoms with Crippen LogP contribution in [0, 0.1) is 12.8 Å². The Kier molecular flexibility index (Phi) is 7.20. The van der Waals surface area contributed by atoms with Crippen LogP contribution in [-0.2, 0) is 4.79 Å². The maximum atomic E-state index is 12.2. The fourth-order valence-electron chi connectivity index (χ4n) is 2.93. The van der Waals surface area contributed by atoms with E-state index in [1.54, 1.807) is 0 Å². The molecule has 1 fully saturated rings. The summed E-state index contributed by atoms with van der Waals surface area (Å²) in [6.07, 6.45) is 2.89. The Hall–Kier alpha value is -1.06. The number of amides is 1. The molecule has 0 saturated carbocycles. The molecule has 21 heavy (non-hydrogen) atoms. The van der Waals surface area contributed by atoms with Crippen LogP contribution >= 0.6 is 12.4 Å². The molecule has 1 aliphatic heterocycles. The molecule has 4 heteroatoms. The number of halogens is 1. The SMILES string of the molecule is Cc1ccccc1C(NC(=O)CC1CCCN1)C(C)C.Cl. The second-order valence-electron chi connectivity index (χ2n) is 6.14. The van der Waals surface area contributed by atoms with Crippen LogP contribution in [0.15, 0.2) is 24.3 Å². The number of carbonyl (C=O) groups excluding carboxylic acids is 1. The maximum Gasteiger partial charge on any atom is 0.222 e. The first-order chi connectivity index (χ1) is 9.58. The van der Waals surface area contributed by atoms with E-state index in [9.17, 15) is 4.79 Å². The monoisotopic (exact) mass is 310 g/mol. The van der Waals surface area contributed by atoms with Gasteiger partial charge in [0, 0.05) is 12.5 Å². The van der Waals surface area contributed by atoms with Crippen LogP contribution in [0.2, 0.25) is 0 Å². The number of benzene rings is 1. The van der Waals surface area contributed by atoms with E-state index >= 15 is 0 Å². The van der Waals surface area contributed by atoms with Gasteiger partial charge in [0.1, 0.15) is 0 Å². The first kappa shape index (κ1) is 18.0. The predicted octanol–water partition coefficient (Wildman–Crippen LogP) is 3.37. The van der Waals surface area contributed by atoms with E-state index in [-0.39, 0.29) is 24.4 Å². The topological polar surface area (TPSA) is 41.1 Å². The molecule has 118 valence electrons. The number of rotatable bonds is 5. The van der Waals surface area contributed by atoms with Crippen molar-refractivity contribution in [2.45, 2.75) is 52.1 Å². The second kappa shape index (κ2) is 8.40. The Balaban J connectivity index is 0.00000220. The third-order valence-electron chi connectivity index (χ3n) is 4.10. The standard InChI is InChI=1S/C17H26N2O.ClH/c1-12(2)17(15-9-5-4-7-13(15)3)19-16(20)11-14-8-6-10-18-14;/h4-5,7,9,12,14,17-18H,6,8,10-11H2,1-3H3,(H,19,20);1H. The Morgan fingerprint density at radius 3 is 2.67 bits per heavy atom. The number of aryl methyl sites for hydroxylation is 1. The van der Waals surface area contributed by atoms with E-state index in [1.165, 1.54) is 17.5 Å². The molecule has 0 spiro atoms. The zero-order valence-electron chi connectivity index (χ0n) is 13.2. The molecular formula is C17H27ClN2O. The van der Waals surface area contributed by atoms with Gasteiger partial charge < -0.3 is 10.6 Å². The highest BCUT2D eigenvalue weighted by Gasteiger charge is 2.22. The first-order valence-electron chi connectivity index (χ1n) is 7.66. The van der Waals surface area contributed by atoms with Crippen molar-refractivity contribution in [3.63, 3.8) is 0 Å². The summed E-state index contributed by atoms with van der Waals surface area (Å²) in [7, 11) is 0. The third-order valence-corrected chi connectivity index (χ3v) is 4.10. The van der Waals surface area contributed by atoms with Gasteiger partial charge >= 0.3 is 0 Å². The normalized spacial score (nSPS) is 19.1. The van der Waals surface area contributed by atoms with Crippen molar-refractivity contribution < 1.29 is 4.79 Å². The minimum Gasteiger partial charge on any atom is -0.349 e. The lowest BCUT2D eigenvalue weighted by Gasteiger charge is -2.25. The summed E-state index contributed by atoms with van der Waals surface area (Å²) in [5.41, 5.74) is 2.47. The van der Waals surface area contributed by atoms with Crippen LogP contribution < -0.4 is 10.6 Å². The second-order valence-corrected chi connectivity index (χ2v) is 6.14. The van der Waals surface area contributed by atoms with E-state index in [4.69, 9.17) is 0 Å². The molecule has 2 rings (SSSR count). The number of carbonyl (C=O) groups is 1. The quantitative estimate of drug-likeness (QED) is 0.875. The van der Waals surface area contributed by atoms with E-state index in [0.29, 0.717) is 18.4 Å². The van der Waals surface area contributed by atoms with Gasteiger partial charge in [0.05, 0.1) is 6.04 Å². The average molecular weight is 311 g/mol. The fourth-order valence-corrected chi connectivity index (χ4v) is 2.93. The van der Waals surface area contributed by atoms with Crippen LogP contribution in [-0.4, -0.2) is 18.5 Å². The Morgan fingerprint density at radius 2 is 2.10 bits per heavy atom. The molecule has 1 amide bonds. The maximum absolute atomic E-state index is 12.2. The van der Waals surface area contributed by atoms with E-state index < -0.39 is 0 Å². The molecule has 1 saturated heterocycles. The highest BCUT2D eigenvalue weighted by molar-refractivity contribution is 5.85. The minimum atomic E-state index is 0. The molecule has 1 aromatic carbocycles. The van der Waals surface area contributed by atoms with Gasteiger partial charge in [-0.1, -0.05) is 38.1 Å². The summed E-state index contributed by atoms with van der Waals surface area (Å²) in [4.78, 5) is 12.2. The molecule has 2 atom stereocenters. The number of hydrogen-bond donors (Lipinski definition) is 2. The summed E-state index contributed by atoms with van der Waals surface area (Å²) < 4.78 is 0. The first-order valence-corrected chi connectivity index (χ1v) is 7.66. The highest BCUT2D eigenvalue weighted by atomic mass is 35.5. The van der Waals surface area contributed by atoms with Crippen LogP contribution in [0.5, 0.6) is 0 Å². The zero-order valence-corrected chi connectivity index (χ0v) is 14.0. The summed E-state index contributed by atoms with van der Waals surface area (Å²) in [5, 5.41) is 6.60. The zero-order chi connectivity index (χ0) is 14.5. The van der Waals surface area contributed by atoms with Gasteiger partial charge in [-0.2, -0.15) is 0 Å². The van der Waals surface area contributed by atoms with Crippen LogP contribution in [0.4, 0.5) is 0 Å². The fraction of sp³-hybridized carbons (Fsp3) is 0.588. The van der Waals surface area contributed by atoms with Gasteiger partial charge in [0.25, 0.3) is 0 Å². The van der Waals surface area contributed by atoms with Crippen molar-refractivity contribution >= 4 is 18.3 Å². The van der Waals surface area contributed by atoms with Crippen LogP contribution in [0.1, 0.15) is 50.3 Å². The van der Waals surface area contributed by atoms with Gasteiger partial charge in [0.2, 0.25) is 5.91 Å². The van der Waals surface area contributed by atoms with E-state index in [1.807, 2.05) is 12.1 Å². The molecule has 0 aromatic heterocycles. The van der Waals surface area contributed by atoms with Crippen molar-refractivity contribution in [1.82, 2.24) is 10.6 Å². The summed E-state index contributed by atoms with van der Waals surface area (Å²) >= 11 is 0. The average Bonchev–Trinajstić information content (AvgIpc) is 2.89. The van der Waals surface area contributed by atoms with Crippen molar-refractivity contribution in [1.29, 1.82) is 0 Å². The Morgan fingerprint density at radius 1 is 1.38 bits per heavy atom. The van der Waals surface area contributed by atoms with E-state index in [0.717, 1.165) is 13.0 Å². The third kappa shape index (κ3) is 5.01. The molecule has 0 aliphatic carbocycles. The lowest BCUT2D eigenvalue weighted by atomic mass is 9.92. The largest absolute Gasteiger partial charge is 0.349 e. The molecule has 1 aliphatic rings. The summed E-state index contributed by atoms with van der Waals surface area (Å²) in [5.74, 6) is 0.544. The Labute approximate surface area is 134 Å². The van der Waals surface area contributed by atoms with Gasteiger partial charge in [-0.3, -0.25) is 4.79 Å². The smallest absolute Gasteiger partial charge is 0.222 e. The highest BCUT2D eigenvalue weighted by Crippen LogP contribution is 2.24. The molecule has 0 bridgehead atoms. The van der Waals surface area contributed by atoms with Gasteiger partial charge in [-0.15, -0.1) is 12.4 Å². The molecule has 1 heterocycles. The lowest BCUT2D eigenvalue weighted by molar-refractivity contribution is -0.122. The molecule has 2 N–H and O–H groups in total. The predicted molar refractivity (Wildman–Crippen MR) is 89.8 cm³/mol. The van der Waals surface area contributed by atoms with Crippen LogP contribution in [0.3, 0.4) is 0 Å². The molecule has 0 radical (unpaired) electrons. The van der Waals surface area contributed by atoms with Crippen molar-refractivity contribution in [3.05, 3.63) is 35.4 Å². The molecule has 3 nitrogen and oxygen atoms in total. The molecule has 2 unspecified atom stereocenters.